The first-order chi connectivity index (χ1) is 16.5. The molecule has 0 aliphatic heterocycles. The Hall–Kier alpha value is -3.91. The molecule has 1 amide bonds. The Kier molecular flexibility index (Phi) is 6.49. The minimum absolute atomic E-state index is 0.123. The van der Waals surface area contributed by atoms with Gasteiger partial charge in [-0.3, -0.25) is 19.0 Å². The monoisotopic (exact) mass is 492 g/mol. The maximum absolute atomic E-state index is 14.0. The standard InChI is InChI=1S/C26H22ClFN4O3/c1-26(2,3)31-22(34)13-32-24(16-5-4-6-20(28)10-16)30-23-21(25(32)35)11-18(12-29-23)17-7-15(14-33)8-19(27)9-17/h4-12,14H,13H2,1-3H3,(H,31,34). The molecule has 0 aliphatic carbocycles. The zero-order valence-electron chi connectivity index (χ0n) is 19.3. The smallest absolute Gasteiger partial charge is 0.263 e. The summed E-state index contributed by atoms with van der Waals surface area (Å²) < 4.78 is 15.2. The van der Waals surface area contributed by atoms with Crippen LogP contribution in [0.25, 0.3) is 33.5 Å². The van der Waals surface area contributed by atoms with Crippen LogP contribution in [0.3, 0.4) is 0 Å². The molecule has 4 aromatic rings. The molecule has 2 heterocycles. The average Bonchev–Trinajstić information content (AvgIpc) is 2.79. The van der Waals surface area contributed by atoms with E-state index in [9.17, 15) is 18.8 Å². The molecule has 0 saturated carbocycles. The number of nitrogens with zero attached hydrogens (tertiary/aromatic N) is 3. The second-order valence-corrected chi connectivity index (χ2v) is 9.56. The van der Waals surface area contributed by atoms with Gasteiger partial charge in [0.25, 0.3) is 5.56 Å². The van der Waals surface area contributed by atoms with Gasteiger partial charge in [0.15, 0.2) is 5.65 Å². The number of rotatable bonds is 5. The molecule has 0 aliphatic rings. The summed E-state index contributed by atoms with van der Waals surface area (Å²) in [5, 5.41) is 3.35. The molecule has 0 unspecified atom stereocenters. The van der Waals surface area contributed by atoms with Crippen molar-refractivity contribution in [2.24, 2.45) is 0 Å². The van der Waals surface area contributed by atoms with E-state index in [2.05, 4.69) is 15.3 Å². The van der Waals surface area contributed by atoms with Gasteiger partial charge in [-0.25, -0.2) is 14.4 Å². The molecule has 0 bridgehead atoms. The number of fused-ring (bicyclic) bond motifs is 1. The van der Waals surface area contributed by atoms with Gasteiger partial charge in [0, 0.05) is 33.4 Å². The van der Waals surface area contributed by atoms with E-state index in [4.69, 9.17) is 11.6 Å². The van der Waals surface area contributed by atoms with Crippen LogP contribution >= 0.6 is 11.6 Å². The van der Waals surface area contributed by atoms with Crippen LogP contribution in [0, 0.1) is 5.82 Å². The van der Waals surface area contributed by atoms with Crippen molar-refractivity contribution < 1.29 is 14.0 Å². The number of aldehydes is 1. The molecule has 1 N–H and O–H groups in total. The van der Waals surface area contributed by atoms with Crippen LogP contribution in [-0.2, 0) is 11.3 Å². The molecule has 2 aromatic carbocycles. The quantitative estimate of drug-likeness (QED) is 0.409. The first-order valence-electron chi connectivity index (χ1n) is 10.8. The highest BCUT2D eigenvalue weighted by Crippen LogP contribution is 2.26. The van der Waals surface area contributed by atoms with Gasteiger partial charge in [-0.1, -0.05) is 23.7 Å². The average molecular weight is 493 g/mol. The highest BCUT2D eigenvalue weighted by Gasteiger charge is 2.20. The van der Waals surface area contributed by atoms with Gasteiger partial charge in [-0.05, 0) is 62.7 Å². The number of hydrogen-bond donors (Lipinski definition) is 1. The largest absolute Gasteiger partial charge is 0.350 e. The summed E-state index contributed by atoms with van der Waals surface area (Å²) in [4.78, 5) is 46.4. The Morgan fingerprint density at radius 2 is 1.89 bits per heavy atom. The number of carbonyl (C=O) groups is 2. The minimum atomic E-state index is -0.512. The molecule has 0 radical (unpaired) electrons. The third kappa shape index (κ3) is 5.44. The maximum Gasteiger partial charge on any atom is 0.263 e. The zero-order valence-corrected chi connectivity index (χ0v) is 20.1. The van der Waals surface area contributed by atoms with Gasteiger partial charge in [-0.15, -0.1) is 0 Å². The SMILES string of the molecule is CC(C)(C)NC(=O)Cn1c(-c2cccc(F)c2)nc2ncc(-c3cc(Cl)cc(C=O)c3)cc2c1=O. The Balaban J connectivity index is 1.92. The lowest BCUT2D eigenvalue weighted by atomic mass is 10.0. The van der Waals surface area contributed by atoms with E-state index in [0.717, 1.165) is 0 Å². The van der Waals surface area contributed by atoms with Gasteiger partial charge in [0.2, 0.25) is 5.91 Å². The second kappa shape index (κ2) is 9.38. The number of pyridine rings is 1. The van der Waals surface area contributed by atoms with Crippen LogP contribution in [0.4, 0.5) is 4.39 Å². The Bertz CT molecular complexity index is 1530. The number of amides is 1. The molecular formula is C26H22ClFN4O3. The summed E-state index contributed by atoms with van der Waals surface area (Å²) in [5.74, 6) is -0.775. The van der Waals surface area contributed by atoms with E-state index in [-0.39, 0.29) is 23.4 Å². The molecule has 178 valence electrons. The first-order valence-corrected chi connectivity index (χ1v) is 11.2. The van der Waals surface area contributed by atoms with Gasteiger partial charge < -0.3 is 5.32 Å². The van der Waals surface area contributed by atoms with Gasteiger partial charge in [0.05, 0.1) is 5.39 Å². The number of halogens is 2. The number of hydrogen-bond acceptors (Lipinski definition) is 5. The summed E-state index contributed by atoms with van der Waals surface area (Å²) in [7, 11) is 0. The molecule has 35 heavy (non-hydrogen) atoms. The predicted octanol–water partition coefficient (Wildman–Crippen LogP) is 4.65. The van der Waals surface area contributed by atoms with Crippen LogP contribution < -0.4 is 10.9 Å². The molecule has 2 aromatic heterocycles. The van der Waals surface area contributed by atoms with Gasteiger partial charge >= 0.3 is 0 Å². The van der Waals surface area contributed by atoms with E-state index >= 15 is 0 Å². The van der Waals surface area contributed by atoms with Crippen molar-refractivity contribution in [2.75, 3.05) is 0 Å². The summed E-state index contributed by atoms with van der Waals surface area (Å²) in [6, 6.07) is 12.0. The lowest BCUT2D eigenvalue weighted by Gasteiger charge is -2.21. The molecule has 0 saturated heterocycles. The Morgan fingerprint density at radius 1 is 1.11 bits per heavy atom. The Morgan fingerprint density at radius 3 is 2.57 bits per heavy atom. The highest BCUT2D eigenvalue weighted by molar-refractivity contribution is 6.31. The van der Waals surface area contributed by atoms with Gasteiger partial charge in [-0.2, -0.15) is 0 Å². The van der Waals surface area contributed by atoms with Crippen molar-refractivity contribution in [3.8, 4) is 22.5 Å². The number of nitrogens with one attached hydrogen (secondary N) is 1. The second-order valence-electron chi connectivity index (χ2n) is 9.12. The molecule has 4 rings (SSSR count). The van der Waals surface area contributed by atoms with Crippen molar-refractivity contribution in [1.82, 2.24) is 19.9 Å². The Labute approximate surface area is 205 Å². The number of carbonyl (C=O) groups excluding carboxylic acids is 2. The molecule has 0 fully saturated rings. The van der Waals surface area contributed by atoms with Crippen LogP contribution in [0.1, 0.15) is 31.1 Å². The summed E-state index contributed by atoms with van der Waals surface area (Å²) in [5.41, 5.74) is 0.980. The third-order valence-electron chi connectivity index (χ3n) is 5.10. The molecule has 0 spiro atoms. The maximum atomic E-state index is 14.0. The third-order valence-corrected chi connectivity index (χ3v) is 5.32. The fraction of sp³-hybridized carbons (Fsp3) is 0.192. The molecular weight excluding hydrogens is 471 g/mol. The lowest BCUT2D eigenvalue weighted by Crippen LogP contribution is -2.43. The molecule has 0 atom stereocenters. The fourth-order valence-electron chi connectivity index (χ4n) is 3.71. The number of benzene rings is 2. The van der Waals surface area contributed by atoms with E-state index in [0.29, 0.717) is 33.6 Å². The topological polar surface area (TPSA) is 93.9 Å². The lowest BCUT2D eigenvalue weighted by molar-refractivity contribution is -0.123. The normalized spacial score (nSPS) is 11.5. The van der Waals surface area contributed by atoms with E-state index in [1.807, 2.05) is 20.8 Å². The fourth-order valence-corrected chi connectivity index (χ4v) is 3.95. The van der Waals surface area contributed by atoms with Crippen molar-refractivity contribution in [3.05, 3.63) is 81.5 Å². The van der Waals surface area contributed by atoms with E-state index < -0.39 is 22.8 Å². The number of aromatic nitrogens is 3. The minimum Gasteiger partial charge on any atom is -0.350 e. The van der Waals surface area contributed by atoms with E-state index in [1.54, 1.807) is 24.3 Å². The summed E-state index contributed by atoms with van der Waals surface area (Å²) in [6.45, 7) is 5.17. The van der Waals surface area contributed by atoms with Crippen molar-refractivity contribution in [1.29, 1.82) is 0 Å². The van der Waals surface area contributed by atoms with Crippen LogP contribution in [0.15, 0.2) is 59.5 Å². The van der Waals surface area contributed by atoms with Crippen molar-refractivity contribution in [3.63, 3.8) is 0 Å². The molecule has 9 heteroatoms. The summed E-state index contributed by atoms with van der Waals surface area (Å²) in [6.07, 6.45) is 2.19. The van der Waals surface area contributed by atoms with Crippen LogP contribution in [0.2, 0.25) is 5.02 Å². The van der Waals surface area contributed by atoms with Crippen LogP contribution in [-0.4, -0.2) is 32.3 Å². The van der Waals surface area contributed by atoms with Gasteiger partial charge in [0.1, 0.15) is 24.5 Å². The molecule has 7 nitrogen and oxygen atoms in total. The zero-order chi connectivity index (χ0) is 25.3. The van der Waals surface area contributed by atoms with Crippen LogP contribution in [0.5, 0.6) is 0 Å². The van der Waals surface area contributed by atoms with Crippen molar-refractivity contribution >= 4 is 34.8 Å². The summed E-state index contributed by atoms with van der Waals surface area (Å²) >= 11 is 6.13. The van der Waals surface area contributed by atoms with Crippen molar-refractivity contribution in [2.45, 2.75) is 32.9 Å². The highest BCUT2D eigenvalue weighted by atomic mass is 35.5. The van der Waals surface area contributed by atoms with E-state index in [1.165, 1.54) is 35.0 Å². The first kappa shape index (κ1) is 24.2. The predicted molar refractivity (Wildman–Crippen MR) is 133 cm³/mol.